The Hall–Kier alpha value is -2.60. The van der Waals surface area contributed by atoms with E-state index in [1.807, 2.05) is 0 Å². The zero-order valence-corrected chi connectivity index (χ0v) is 15.7. The van der Waals surface area contributed by atoms with Crippen molar-refractivity contribution in [2.24, 2.45) is 0 Å². The van der Waals surface area contributed by atoms with Gasteiger partial charge in [-0.05, 0) is 44.4 Å². The summed E-state index contributed by atoms with van der Waals surface area (Å²) in [6, 6.07) is 16.0. The molecule has 0 saturated carbocycles. The van der Waals surface area contributed by atoms with E-state index >= 15 is 0 Å². The van der Waals surface area contributed by atoms with Gasteiger partial charge < -0.3 is 0 Å². The summed E-state index contributed by atoms with van der Waals surface area (Å²) in [6.07, 6.45) is 13.8. The predicted molar refractivity (Wildman–Crippen MR) is 111 cm³/mol. The Morgan fingerprint density at radius 1 is 0.808 bits per heavy atom. The van der Waals surface area contributed by atoms with Gasteiger partial charge in [-0.2, -0.15) is 0 Å². The van der Waals surface area contributed by atoms with Crippen LogP contribution in [0.1, 0.15) is 60.4 Å². The highest BCUT2D eigenvalue weighted by Gasteiger charge is 2.34. The van der Waals surface area contributed by atoms with Crippen molar-refractivity contribution in [3.8, 4) is 0 Å². The molecule has 0 aliphatic heterocycles. The standard InChI is InChI=1S/C26H24/c1-26(2,3)21-14-12-17(13-15-21)23-16-20-8-4-6-18-10-11-19-7-5-9-22(23)25(19)24(18)20/h4-16,23-24H,1-3H3. The molecule has 0 radical (unpaired) electrons. The summed E-state index contributed by atoms with van der Waals surface area (Å²) in [7, 11) is 0. The van der Waals surface area contributed by atoms with E-state index in [1.54, 1.807) is 0 Å². The zero-order valence-electron chi connectivity index (χ0n) is 15.7. The lowest BCUT2D eigenvalue weighted by molar-refractivity contribution is 0.590. The first-order valence-corrected chi connectivity index (χ1v) is 9.54. The van der Waals surface area contributed by atoms with Crippen molar-refractivity contribution in [3.63, 3.8) is 0 Å². The SMILES string of the molecule is CC(C)(C)c1ccc(C2C=C3C=CC=C4C=Cc5cccc2c5C43)cc1. The molecule has 26 heavy (non-hydrogen) atoms. The van der Waals surface area contributed by atoms with E-state index in [0.717, 1.165) is 0 Å². The fourth-order valence-corrected chi connectivity index (χ4v) is 4.58. The molecule has 2 unspecified atom stereocenters. The molecular weight excluding hydrogens is 312 g/mol. The average molecular weight is 336 g/mol. The van der Waals surface area contributed by atoms with Crippen LogP contribution in [0.3, 0.4) is 0 Å². The Balaban J connectivity index is 1.67. The molecule has 0 saturated heterocycles. The Morgan fingerprint density at radius 2 is 1.62 bits per heavy atom. The molecule has 0 spiro atoms. The molecule has 0 amide bonds. The maximum atomic E-state index is 2.48. The normalized spacial score (nSPS) is 22.6. The molecule has 0 heterocycles. The maximum Gasteiger partial charge on any atom is 0.0346 e. The second-order valence-electron chi connectivity index (χ2n) is 8.66. The van der Waals surface area contributed by atoms with Crippen LogP contribution >= 0.6 is 0 Å². The van der Waals surface area contributed by atoms with Gasteiger partial charge in [-0.1, -0.05) is 99.7 Å². The third-order valence-corrected chi connectivity index (χ3v) is 5.99. The van der Waals surface area contributed by atoms with Gasteiger partial charge in [0.25, 0.3) is 0 Å². The van der Waals surface area contributed by atoms with Crippen molar-refractivity contribution >= 4 is 6.08 Å². The Labute approximate surface area is 156 Å². The van der Waals surface area contributed by atoms with Crippen molar-refractivity contribution in [3.05, 3.63) is 112 Å². The van der Waals surface area contributed by atoms with Gasteiger partial charge in [-0.3, -0.25) is 0 Å². The highest BCUT2D eigenvalue weighted by Crippen LogP contribution is 2.50. The van der Waals surface area contributed by atoms with Gasteiger partial charge in [-0.25, -0.2) is 0 Å². The average Bonchev–Trinajstić information content (AvgIpc) is 2.65. The number of hydrogen-bond acceptors (Lipinski definition) is 0. The first-order valence-electron chi connectivity index (χ1n) is 9.54. The monoisotopic (exact) mass is 336 g/mol. The van der Waals surface area contributed by atoms with Gasteiger partial charge in [0.05, 0.1) is 0 Å². The van der Waals surface area contributed by atoms with E-state index in [1.165, 1.54) is 39.0 Å². The van der Waals surface area contributed by atoms with Gasteiger partial charge >= 0.3 is 0 Å². The molecule has 0 fully saturated rings. The summed E-state index contributed by atoms with van der Waals surface area (Å²) >= 11 is 0. The lowest BCUT2D eigenvalue weighted by Crippen LogP contribution is -2.20. The quantitative estimate of drug-likeness (QED) is 0.546. The number of rotatable bonds is 1. The smallest absolute Gasteiger partial charge is 0.0346 e. The molecule has 0 aromatic heterocycles. The van der Waals surface area contributed by atoms with Crippen molar-refractivity contribution in [1.82, 2.24) is 0 Å². The van der Waals surface area contributed by atoms with Crippen molar-refractivity contribution in [2.75, 3.05) is 0 Å². The van der Waals surface area contributed by atoms with Crippen LogP contribution < -0.4 is 0 Å². The summed E-state index contributed by atoms with van der Waals surface area (Å²) in [5.41, 5.74) is 10.2. The topological polar surface area (TPSA) is 0 Å². The van der Waals surface area contributed by atoms with E-state index in [0.29, 0.717) is 11.8 Å². The summed E-state index contributed by atoms with van der Waals surface area (Å²) < 4.78 is 0. The Kier molecular flexibility index (Phi) is 3.28. The second kappa shape index (κ2) is 5.45. The van der Waals surface area contributed by atoms with Crippen LogP contribution in [0, 0.1) is 0 Å². The Bertz CT molecular complexity index is 1000. The fourth-order valence-electron chi connectivity index (χ4n) is 4.58. The van der Waals surface area contributed by atoms with Gasteiger partial charge in [0, 0.05) is 11.8 Å². The van der Waals surface area contributed by atoms with Gasteiger partial charge in [0.15, 0.2) is 0 Å². The summed E-state index contributed by atoms with van der Waals surface area (Å²) in [5.74, 6) is 0.752. The van der Waals surface area contributed by atoms with Crippen LogP contribution in [-0.2, 0) is 5.41 Å². The fraction of sp³-hybridized carbons (Fsp3) is 0.231. The minimum atomic E-state index is 0.192. The number of allylic oxidation sites excluding steroid dienone is 7. The van der Waals surface area contributed by atoms with Crippen LogP contribution in [-0.4, -0.2) is 0 Å². The molecule has 0 bridgehead atoms. The van der Waals surface area contributed by atoms with E-state index in [9.17, 15) is 0 Å². The maximum absolute atomic E-state index is 2.48. The second-order valence-corrected chi connectivity index (χ2v) is 8.66. The zero-order chi connectivity index (χ0) is 17.9. The van der Waals surface area contributed by atoms with E-state index in [2.05, 4.69) is 99.7 Å². The molecule has 2 atom stereocenters. The van der Waals surface area contributed by atoms with Crippen LogP contribution in [0.2, 0.25) is 0 Å². The summed E-state index contributed by atoms with van der Waals surface area (Å²) in [4.78, 5) is 0. The number of hydrogen-bond donors (Lipinski definition) is 0. The first kappa shape index (κ1) is 15.6. The molecule has 5 rings (SSSR count). The molecule has 2 aromatic carbocycles. The molecule has 3 aliphatic rings. The largest absolute Gasteiger partial charge is 0.0684 e. The predicted octanol–water partition coefficient (Wildman–Crippen LogP) is 6.66. The van der Waals surface area contributed by atoms with Crippen molar-refractivity contribution < 1.29 is 0 Å². The van der Waals surface area contributed by atoms with E-state index in [-0.39, 0.29) is 5.41 Å². The summed E-state index contributed by atoms with van der Waals surface area (Å²) in [6.45, 7) is 6.82. The summed E-state index contributed by atoms with van der Waals surface area (Å²) in [5, 5.41) is 0. The van der Waals surface area contributed by atoms with Gasteiger partial charge in [0.2, 0.25) is 0 Å². The molecular formula is C26H24. The van der Waals surface area contributed by atoms with Crippen LogP contribution in [0.25, 0.3) is 6.08 Å². The molecule has 0 N–H and O–H groups in total. The van der Waals surface area contributed by atoms with E-state index < -0.39 is 0 Å². The molecule has 0 heteroatoms. The molecule has 0 nitrogen and oxygen atoms in total. The minimum Gasteiger partial charge on any atom is -0.0684 e. The van der Waals surface area contributed by atoms with Gasteiger partial charge in [0.1, 0.15) is 0 Å². The number of benzene rings is 2. The highest BCUT2D eigenvalue weighted by molar-refractivity contribution is 5.73. The molecule has 2 aromatic rings. The molecule has 3 aliphatic carbocycles. The van der Waals surface area contributed by atoms with Crippen LogP contribution in [0.5, 0.6) is 0 Å². The Morgan fingerprint density at radius 3 is 2.38 bits per heavy atom. The van der Waals surface area contributed by atoms with Crippen molar-refractivity contribution in [2.45, 2.75) is 38.0 Å². The van der Waals surface area contributed by atoms with E-state index in [4.69, 9.17) is 0 Å². The molecule has 128 valence electrons. The lowest BCUT2D eigenvalue weighted by Gasteiger charge is -2.36. The minimum absolute atomic E-state index is 0.192. The van der Waals surface area contributed by atoms with Gasteiger partial charge in [-0.15, -0.1) is 0 Å². The van der Waals surface area contributed by atoms with Crippen molar-refractivity contribution in [1.29, 1.82) is 0 Å². The first-order chi connectivity index (χ1) is 12.5. The van der Waals surface area contributed by atoms with Crippen LogP contribution in [0.4, 0.5) is 0 Å². The third-order valence-electron chi connectivity index (χ3n) is 5.99. The highest BCUT2D eigenvalue weighted by atomic mass is 14.4. The third kappa shape index (κ3) is 2.29. The lowest BCUT2D eigenvalue weighted by atomic mass is 9.67. The van der Waals surface area contributed by atoms with Crippen LogP contribution in [0.15, 0.2) is 84.0 Å².